The van der Waals surface area contributed by atoms with Gasteiger partial charge >= 0.3 is 0 Å². The van der Waals surface area contributed by atoms with Gasteiger partial charge in [-0.15, -0.1) is 0 Å². The summed E-state index contributed by atoms with van der Waals surface area (Å²) in [6.45, 7) is 0.807. The highest BCUT2D eigenvalue weighted by Gasteiger charge is 2.01. The molecule has 1 atom stereocenters. The number of aliphatic hydroxyl groups is 2. The highest BCUT2D eigenvalue weighted by molar-refractivity contribution is 5.71. The zero-order valence-electron chi connectivity index (χ0n) is 5.70. The van der Waals surface area contributed by atoms with Crippen molar-refractivity contribution in [1.29, 1.82) is 0 Å². The lowest BCUT2D eigenvalue weighted by Crippen LogP contribution is -2.28. The van der Waals surface area contributed by atoms with E-state index in [0.29, 0.717) is 0 Å². The van der Waals surface area contributed by atoms with Gasteiger partial charge in [0.05, 0.1) is 6.61 Å². The number of rotatable bonds is 4. The molecule has 0 aromatic carbocycles. The van der Waals surface area contributed by atoms with Crippen LogP contribution in [0.25, 0.3) is 0 Å². The van der Waals surface area contributed by atoms with E-state index in [1.54, 1.807) is 0 Å². The first-order valence-corrected chi connectivity index (χ1v) is 2.84. The second kappa shape index (κ2) is 5.16. The van der Waals surface area contributed by atoms with E-state index in [-0.39, 0.29) is 19.1 Å². The number of hydrogen-bond donors (Lipinski definition) is 3. The van der Waals surface area contributed by atoms with Gasteiger partial charge in [-0.3, -0.25) is 9.63 Å². The third kappa shape index (κ3) is 5.49. The molecule has 0 saturated carbocycles. The van der Waals surface area contributed by atoms with E-state index in [1.165, 1.54) is 6.92 Å². The topological polar surface area (TPSA) is 78.8 Å². The van der Waals surface area contributed by atoms with Gasteiger partial charge in [0.1, 0.15) is 12.7 Å². The molecule has 0 aliphatic rings. The van der Waals surface area contributed by atoms with Crippen molar-refractivity contribution in [2.45, 2.75) is 13.0 Å². The number of amides is 1. The zero-order chi connectivity index (χ0) is 7.98. The van der Waals surface area contributed by atoms with Crippen LogP contribution in [0.2, 0.25) is 0 Å². The summed E-state index contributed by atoms with van der Waals surface area (Å²) in [5.74, 6) is -0.342. The number of hydrogen-bond acceptors (Lipinski definition) is 4. The van der Waals surface area contributed by atoms with Crippen LogP contribution in [0.5, 0.6) is 0 Å². The van der Waals surface area contributed by atoms with Gasteiger partial charge in [0.15, 0.2) is 0 Å². The monoisotopic (exact) mass is 149 g/mol. The third-order valence-electron chi connectivity index (χ3n) is 0.702. The Hall–Kier alpha value is -0.650. The van der Waals surface area contributed by atoms with Crippen LogP contribution >= 0.6 is 0 Å². The molecule has 0 aliphatic carbocycles. The summed E-state index contributed by atoms with van der Waals surface area (Å²) < 4.78 is 0. The second-order valence-corrected chi connectivity index (χ2v) is 1.81. The minimum Gasteiger partial charge on any atom is -0.394 e. The molecule has 0 aromatic heterocycles. The zero-order valence-corrected chi connectivity index (χ0v) is 5.70. The lowest BCUT2D eigenvalue weighted by molar-refractivity contribution is -0.134. The Balaban J connectivity index is 3.11. The van der Waals surface area contributed by atoms with Crippen LogP contribution in [0.3, 0.4) is 0 Å². The first-order valence-electron chi connectivity index (χ1n) is 2.84. The second-order valence-electron chi connectivity index (χ2n) is 1.81. The Bertz CT molecular complexity index is 106. The molecule has 10 heavy (non-hydrogen) atoms. The molecule has 0 radical (unpaired) electrons. The van der Waals surface area contributed by atoms with Crippen LogP contribution in [-0.2, 0) is 9.63 Å². The maximum Gasteiger partial charge on any atom is 0.240 e. The molecule has 5 heteroatoms. The smallest absolute Gasteiger partial charge is 0.240 e. The molecule has 0 fully saturated rings. The van der Waals surface area contributed by atoms with Crippen molar-refractivity contribution in [3.8, 4) is 0 Å². The minimum absolute atomic E-state index is 0.101. The summed E-state index contributed by atoms with van der Waals surface area (Å²) >= 11 is 0. The Morgan fingerprint density at radius 2 is 2.40 bits per heavy atom. The quantitative estimate of drug-likeness (QED) is 0.421. The highest BCUT2D eigenvalue weighted by Crippen LogP contribution is 1.79. The Kier molecular flexibility index (Phi) is 4.82. The third-order valence-corrected chi connectivity index (χ3v) is 0.702. The maximum atomic E-state index is 10.1. The summed E-state index contributed by atoms with van der Waals surface area (Å²) in [5, 5.41) is 16.9. The fourth-order valence-electron chi connectivity index (χ4n) is 0.292. The Morgan fingerprint density at radius 3 is 2.80 bits per heavy atom. The van der Waals surface area contributed by atoms with Crippen LogP contribution in [-0.4, -0.2) is 35.4 Å². The lowest BCUT2D eigenvalue weighted by Gasteiger charge is -2.06. The van der Waals surface area contributed by atoms with Crippen molar-refractivity contribution >= 4 is 5.91 Å². The van der Waals surface area contributed by atoms with Crippen molar-refractivity contribution in [2.24, 2.45) is 0 Å². The highest BCUT2D eigenvalue weighted by atomic mass is 16.7. The van der Waals surface area contributed by atoms with Crippen molar-refractivity contribution in [3.63, 3.8) is 0 Å². The number of aliphatic hydroxyl groups excluding tert-OH is 2. The van der Waals surface area contributed by atoms with Gasteiger partial charge < -0.3 is 10.2 Å². The number of carbonyl (C=O) groups excluding carboxylic acids is 1. The molecule has 0 bridgehead atoms. The maximum absolute atomic E-state index is 10.1. The fourth-order valence-corrected chi connectivity index (χ4v) is 0.292. The molecule has 0 rings (SSSR count). The fraction of sp³-hybridized carbons (Fsp3) is 0.800. The van der Waals surface area contributed by atoms with Gasteiger partial charge in [0.2, 0.25) is 5.91 Å². The van der Waals surface area contributed by atoms with E-state index in [9.17, 15) is 4.79 Å². The van der Waals surface area contributed by atoms with Gasteiger partial charge in [-0.1, -0.05) is 0 Å². The first kappa shape index (κ1) is 9.35. The van der Waals surface area contributed by atoms with Crippen molar-refractivity contribution in [3.05, 3.63) is 0 Å². The molecule has 0 saturated heterocycles. The largest absolute Gasteiger partial charge is 0.394 e. The molecule has 0 heterocycles. The molecule has 5 nitrogen and oxygen atoms in total. The van der Waals surface area contributed by atoms with Gasteiger partial charge in [-0.05, 0) is 0 Å². The molecular weight excluding hydrogens is 138 g/mol. The van der Waals surface area contributed by atoms with Crippen molar-refractivity contribution in [1.82, 2.24) is 5.48 Å². The summed E-state index contributed by atoms with van der Waals surface area (Å²) in [4.78, 5) is 14.6. The first-order chi connectivity index (χ1) is 4.66. The van der Waals surface area contributed by atoms with E-state index >= 15 is 0 Å². The number of carbonyl (C=O) groups is 1. The minimum atomic E-state index is -0.938. The standard InChI is InChI=1S/C5H11NO4/c1-4(8)6-10-3-5(9)2-7/h5,7,9H,2-3H2,1H3,(H,6,8). The van der Waals surface area contributed by atoms with Crippen molar-refractivity contribution < 1.29 is 19.8 Å². The van der Waals surface area contributed by atoms with E-state index in [2.05, 4.69) is 4.84 Å². The van der Waals surface area contributed by atoms with Crippen LogP contribution in [0, 0.1) is 0 Å². The number of hydroxylamine groups is 1. The van der Waals surface area contributed by atoms with E-state index in [0.717, 1.165) is 0 Å². The van der Waals surface area contributed by atoms with E-state index in [1.807, 2.05) is 5.48 Å². The normalized spacial score (nSPS) is 12.7. The van der Waals surface area contributed by atoms with Crippen LogP contribution < -0.4 is 5.48 Å². The molecule has 0 aliphatic heterocycles. The molecule has 60 valence electrons. The molecule has 0 aromatic rings. The number of nitrogens with one attached hydrogen (secondary N) is 1. The van der Waals surface area contributed by atoms with Gasteiger partial charge in [-0.2, -0.15) is 0 Å². The summed E-state index contributed by atoms with van der Waals surface area (Å²) in [7, 11) is 0. The van der Waals surface area contributed by atoms with Crippen molar-refractivity contribution in [2.75, 3.05) is 13.2 Å². The summed E-state index contributed by atoms with van der Waals surface area (Å²) in [5.41, 5.74) is 2.00. The predicted octanol–water partition coefficient (Wildman–Crippen LogP) is -1.59. The van der Waals surface area contributed by atoms with E-state index in [4.69, 9.17) is 10.2 Å². The molecular formula is C5H11NO4. The van der Waals surface area contributed by atoms with Crippen LogP contribution in [0.1, 0.15) is 6.92 Å². The lowest BCUT2D eigenvalue weighted by atomic mass is 10.4. The average molecular weight is 149 g/mol. The summed E-state index contributed by atoms with van der Waals surface area (Å²) in [6, 6.07) is 0. The molecule has 1 unspecified atom stereocenters. The molecule has 0 spiro atoms. The van der Waals surface area contributed by atoms with E-state index < -0.39 is 6.10 Å². The van der Waals surface area contributed by atoms with Gasteiger partial charge in [0.25, 0.3) is 0 Å². The average Bonchev–Trinajstić information content (AvgIpc) is 1.87. The molecule has 1 amide bonds. The SMILES string of the molecule is CC(=O)NOCC(O)CO. The Labute approximate surface area is 58.6 Å². The molecule has 3 N–H and O–H groups in total. The van der Waals surface area contributed by atoms with Crippen LogP contribution in [0.15, 0.2) is 0 Å². The van der Waals surface area contributed by atoms with Gasteiger partial charge in [0, 0.05) is 6.92 Å². The predicted molar refractivity (Wildman–Crippen MR) is 32.9 cm³/mol. The Morgan fingerprint density at radius 1 is 1.80 bits per heavy atom. The van der Waals surface area contributed by atoms with Crippen LogP contribution in [0.4, 0.5) is 0 Å². The van der Waals surface area contributed by atoms with Gasteiger partial charge in [-0.25, -0.2) is 5.48 Å². The summed E-state index contributed by atoms with van der Waals surface area (Å²) in [6.07, 6.45) is -0.938.